The molecular formula is C10H22N2O2. The number of ether oxygens (including phenoxy) is 1. The van der Waals surface area contributed by atoms with E-state index in [0.717, 1.165) is 13.0 Å². The molecule has 1 atom stereocenters. The third-order valence-electron chi connectivity index (χ3n) is 2.08. The average Bonchev–Trinajstić information content (AvgIpc) is 2.16. The highest BCUT2D eigenvalue weighted by Gasteiger charge is 2.07. The van der Waals surface area contributed by atoms with Gasteiger partial charge in [0.1, 0.15) is 0 Å². The largest absolute Gasteiger partial charge is 0.381 e. The lowest BCUT2D eigenvalue weighted by atomic mass is 10.2. The predicted octanol–water partition coefficient (Wildman–Crippen LogP) is 0.786. The highest BCUT2D eigenvalue weighted by atomic mass is 16.5. The van der Waals surface area contributed by atoms with Crippen molar-refractivity contribution in [1.82, 2.24) is 0 Å². The van der Waals surface area contributed by atoms with Crippen molar-refractivity contribution in [3.05, 3.63) is 0 Å². The Hall–Kier alpha value is -0.610. The van der Waals surface area contributed by atoms with Crippen molar-refractivity contribution in [2.24, 2.45) is 11.5 Å². The minimum absolute atomic E-state index is 0.459. The zero-order valence-corrected chi connectivity index (χ0v) is 9.00. The topological polar surface area (TPSA) is 78.3 Å². The molecule has 4 N–H and O–H groups in total. The molecule has 0 aromatic heterocycles. The first kappa shape index (κ1) is 13.4. The van der Waals surface area contributed by atoms with Gasteiger partial charge in [0.15, 0.2) is 0 Å². The van der Waals surface area contributed by atoms with Crippen LogP contribution < -0.4 is 11.5 Å². The number of hydrogen-bond acceptors (Lipinski definition) is 3. The van der Waals surface area contributed by atoms with E-state index in [2.05, 4.69) is 6.92 Å². The number of rotatable bonds is 9. The van der Waals surface area contributed by atoms with Gasteiger partial charge >= 0.3 is 0 Å². The summed E-state index contributed by atoms with van der Waals surface area (Å²) in [5, 5.41) is 0. The van der Waals surface area contributed by atoms with Gasteiger partial charge in [-0.3, -0.25) is 4.79 Å². The van der Waals surface area contributed by atoms with E-state index in [1.54, 1.807) is 0 Å². The zero-order valence-electron chi connectivity index (χ0n) is 9.00. The Morgan fingerprint density at radius 3 is 2.57 bits per heavy atom. The molecule has 0 aromatic carbocycles. The van der Waals surface area contributed by atoms with Crippen molar-refractivity contribution in [2.75, 3.05) is 13.2 Å². The summed E-state index contributed by atoms with van der Waals surface area (Å²) in [4.78, 5) is 10.5. The second-order valence-electron chi connectivity index (χ2n) is 3.47. The predicted molar refractivity (Wildman–Crippen MR) is 56.7 cm³/mol. The average molecular weight is 202 g/mol. The van der Waals surface area contributed by atoms with Gasteiger partial charge in [-0.15, -0.1) is 0 Å². The molecule has 0 heterocycles. The number of nitrogens with two attached hydrogens (primary N) is 2. The smallest absolute Gasteiger partial charge is 0.234 e. The summed E-state index contributed by atoms with van der Waals surface area (Å²) in [5.41, 5.74) is 10.4. The van der Waals surface area contributed by atoms with Crippen molar-refractivity contribution in [1.29, 1.82) is 0 Å². The van der Waals surface area contributed by atoms with E-state index in [1.807, 2.05) is 0 Å². The minimum atomic E-state index is -0.564. The summed E-state index contributed by atoms with van der Waals surface area (Å²) in [5.74, 6) is -0.459. The second kappa shape index (κ2) is 8.97. The van der Waals surface area contributed by atoms with Gasteiger partial charge in [0.25, 0.3) is 0 Å². The third-order valence-corrected chi connectivity index (χ3v) is 2.08. The van der Waals surface area contributed by atoms with Crippen LogP contribution in [0.3, 0.4) is 0 Å². The van der Waals surface area contributed by atoms with E-state index in [-0.39, 0.29) is 0 Å². The molecular weight excluding hydrogens is 180 g/mol. The van der Waals surface area contributed by atoms with Crippen molar-refractivity contribution in [3.63, 3.8) is 0 Å². The summed E-state index contributed by atoms with van der Waals surface area (Å²) in [6.45, 7) is 3.45. The fourth-order valence-corrected chi connectivity index (χ4v) is 1.09. The lowest BCUT2D eigenvalue weighted by molar-refractivity contribution is -0.119. The van der Waals surface area contributed by atoms with Gasteiger partial charge in [-0.25, -0.2) is 0 Å². The van der Waals surface area contributed by atoms with Crippen molar-refractivity contribution < 1.29 is 9.53 Å². The highest BCUT2D eigenvalue weighted by molar-refractivity contribution is 5.79. The SMILES string of the molecule is CCCCCCOCCC(N)C(N)=O. The number of amides is 1. The molecule has 84 valence electrons. The van der Waals surface area contributed by atoms with Gasteiger partial charge in [-0.05, 0) is 12.8 Å². The summed E-state index contributed by atoms with van der Waals surface area (Å²) < 4.78 is 5.31. The molecule has 14 heavy (non-hydrogen) atoms. The summed E-state index contributed by atoms with van der Waals surface area (Å²) in [7, 11) is 0. The molecule has 0 aliphatic carbocycles. The molecule has 4 nitrogen and oxygen atoms in total. The van der Waals surface area contributed by atoms with Crippen LogP contribution >= 0.6 is 0 Å². The first-order valence-electron chi connectivity index (χ1n) is 5.31. The second-order valence-corrected chi connectivity index (χ2v) is 3.47. The maximum atomic E-state index is 10.5. The highest BCUT2D eigenvalue weighted by Crippen LogP contribution is 1.99. The molecule has 0 bridgehead atoms. The molecule has 0 aromatic rings. The monoisotopic (exact) mass is 202 g/mol. The summed E-state index contributed by atoms with van der Waals surface area (Å²) >= 11 is 0. The van der Waals surface area contributed by atoms with Crippen LogP contribution in [-0.4, -0.2) is 25.2 Å². The van der Waals surface area contributed by atoms with Crippen LogP contribution in [0.15, 0.2) is 0 Å². The lowest BCUT2D eigenvalue weighted by Crippen LogP contribution is -2.37. The Morgan fingerprint density at radius 2 is 2.00 bits per heavy atom. The van der Waals surface area contributed by atoms with Crippen LogP contribution in [0.25, 0.3) is 0 Å². The molecule has 0 rings (SSSR count). The molecule has 1 unspecified atom stereocenters. The van der Waals surface area contributed by atoms with Crippen LogP contribution in [0.2, 0.25) is 0 Å². The van der Waals surface area contributed by atoms with E-state index in [0.29, 0.717) is 13.0 Å². The van der Waals surface area contributed by atoms with Crippen LogP contribution in [0.1, 0.15) is 39.0 Å². The van der Waals surface area contributed by atoms with Gasteiger partial charge in [0.2, 0.25) is 5.91 Å². The molecule has 4 heteroatoms. The summed E-state index contributed by atoms with van der Waals surface area (Å²) in [6, 6.07) is -0.564. The van der Waals surface area contributed by atoms with Crippen molar-refractivity contribution in [3.8, 4) is 0 Å². The number of primary amides is 1. The van der Waals surface area contributed by atoms with Gasteiger partial charge in [0.05, 0.1) is 6.04 Å². The first-order valence-corrected chi connectivity index (χ1v) is 5.31. The van der Waals surface area contributed by atoms with E-state index in [4.69, 9.17) is 16.2 Å². The quantitative estimate of drug-likeness (QED) is 0.542. The van der Waals surface area contributed by atoms with Gasteiger partial charge < -0.3 is 16.2 Å². The van der Waals surface area contributed by atoms with E-state index in [1.165, 1.54) is 19.3 Å². The molecule has 0 fully saturated rings. The van der Waals surface area contributed by atoms with Crippen LogP contribution in [0.5, 0.6) is 0 Å². The Balaban J connectivity index is 3.09. The first-order chi connectivity index (χ1) is 6.68. The molecule has 0 saturated heterocycles. The normalized spacial score (nSPS) is 12.7. The Labute approximate surface area is 86.0 Å². The fourth-order valence-electron chi connectivity index (χ4n) is 1.09. The maximum absolute atomic E-state index is 10.5. The molecule has 0 saturated carbocycles. The van der Waals surface area contributed by atoms with Crippen molar-refractivity contribution in [2.45, 2.75) is 45.1 Å². The van der Waals surface area contributed by atoms with E-state index < -0.39 is 11.9 Å². The molecule has 0 spiro atoms. The van der Waals surface area contributed by atoms with Crippen LogP contribution in [-0.2, 0) is 9.53 Å². The maximum Gasteiger partial charge on any atom is 0.234 e. The molecule has 1 amide bonds. The fraction of sp³-hybridized carbons (Fsp3) is 0.900. The Bertz CT molecular complexity index is 151. The zero-order chi connectivity index (χ0) is 10.8. The van der Waals surface area contributed by atoms with Gasteiger partial charge in [-0.1, -0.05) is 26.2 Å². The molecule has 0 aliphatic heterocycles. The number of unbranched alkanes of at least 4 members (excludes halogenated alkanes) is 3. The molecule has 0 radical (unpaired) electrons. The van der Waals surface area contributed by atoms with E-state index >= 15 is 0 Å². The number of hydrogen-bond donors (Lipinski definition) is 2. The molecule has 0 aliphatic rings. The van der Waals surface area contributed by atoms with Gasteiger partial charge in [-0.2, -0.15) is 0 Å². The Morgan fingerprint density at radius 1 is 1.29 bits per heavy atom. The van der Waals surface area contributed by atoms with Gasteiger partial charge in [0, 0.05) is 13.2 Å². The lowest BCUT2D eigenvalue weighted by Gasteiger charge is -2.07. The van der Waals surface area contributed by atoms with Crippen molar-refractivity contribution >= 4 is 5.91 Å². The number of carbonyl (C=O) groups excluding carboxylic acids is 1. The summed E-state index contributed by atoms with van der Waals surface area (Å²) in [6.07, 6.45) is 5.29. The third kappa shape index (κ3) is 8.01. The van der Waals surface area contributed by atoms with Crippen LogP contribution in [0, 0.1) is 0 Å². The van der Waals surface area contributed by atoms with Crippen LogP contribution in [0.4, 0.5) is 0 Å². The van der Waals surface area contributed by atoms with E-state index in [9.17, 15) is 4.79 Å². The standard InChI is InChI=1S/C10H22N2O2/c1-2-3-4-5-7-14-8-6-9(11)10(12)13/h9H,2-8,11H2,1H3,(H2,12,13). The number of carbonyl (C=O) groups is 1. The minimum Gasteiger partial charge on any atom is -0.381 e. The Kier molecular flexibility index (Phi) is 8.57.